The predicted octanol–water partition coefficient (Wildman–Crippen LogP) is 3.30. The van der Waals surface area contributed by atoms with Gasteiger partial charge in [-0.15, -0.1) is 0 Å². The molecule has 0 N–H and O–H groups in total. The number of rotatable bonds is 3. The smallest absolute Gasteiger partial charge is 0.303 e. The Morgan fingerprint density at radius 2 is 1.86 bits per heavy atom. The molecule has 4 nitrogen and oxygen atoms in total. The summed E-state index contributed by atoms with van der Waals surface area (Å²) >= 11 is 0. The molecular weight excluding hydrogens is 280 g/mol. The molecule has 0 aromatic heterocycles. The van der Waals surface area contributed by atoms with Gasteiger partial charge in [0.05, 0.1) is 7.11 Å². The molecule has 1 heterocycles. The zero-order chi connectivity index (χ0) is 15.5. The number of ether oxygens (including phenoxy) is 3. The van der Waals surface area contributed by atoms with Gasteiger partial charge in [-0.3, -0.25) is 4.79 Å². The van der Waals surface area contributed by atoms with Gasteiger partial charge in [0.25, 0.3) is 0 Å². The molecule has 3 rings (SSSR count). The zero-order valence-electron chi connectivity index (χ0n) is 12.6. The van der Waals surface area contributed by atoms with E-state index in [1.165, 1.54) is 6.92 Å². The summed E-state index contributed by atoms with van der Waals surface area (Å²) in [7, 11) is 1.63. The van der Waals surface area contributed by atoms with E-state index in [1.54, 1.807) is 7.11 Å². The highest BCUT2D eigenvalue weighted by Gasteiger charge is 2.33. The summed E-state index contributed by atoms with van der Waals surface area (Å²) in [5.74, 6) is 1.32. The molecule has 2 atom stereocenters. The summed E-state index contributed by atoms with van der Waals surface area (Å²) in [5, 5.41) is 0. The van der Waals surface area contributed by atoms with Crippen molar-refractivity contribution in [3.05, 3.63) is 59.7 Å². The van der Waals surface area contributed by atoms with Crippen molar-refractivity contribution in [1.29, 1.82) is 0 Å². The van der Waals surface area contributed by atoms with E-state index in [0.29, 0.717) is 6.42 Å². The average molecular weight is 298 g/mol. The number of hydrogen-bond acceptors (Lipinski definition) is 4. The van der Waals surface area contributed by atoms with Crippen LogP contribution in [0.25, 0.3) is 0 Å². The number of fused-ring (bicyclic) bond motifs is 1. The number of carbonyl (C=O) groups excluding carboxylic acids is 1. The predicted molar refractivity (Wildman–Crippen MR) is 82.1 cm³/mol. The van der Waals surface area contributed by atoms with E-state index in [2.05, 4.69) is 0 Å². The molecule has 0 unspecified atom stereocenters. The molecule has 4 heteroatoms. The maximum Gasteiger partial charge on any atom is 0.303 e. The highest BCUT2D eigenvalue weighted by Crippen LogP contribution is 2.36. The molecule has 0 saturated heterocycles. The van der Waals surface area contributed by atoms with Gasteiger partial charge in [0.2, 0.25) is 0 Å². The first-order valence-electron chi connectivity index (χ1n) is 7.23. The molecule has 1 aliphatic rings. The van der Waals surface area contributed by atoms with Crippen molar-refractivity contribution in [2.75, 3.05) is 7.11 Å². The topological polar surface area (TPSA) is 44.8 Å². The van der Waals surface area contributed by atoms with Crippen LogP contribution in [0.4, 0.5) is 0 Å². The monoisotopic (exact) mass is 298 g/mol. The Labute approximate surface area is 129 Å². The van der Waals surface area contributed by atoms with E-state index in [1.807, 2.05) is 48.5 Å². The quantitative estimate of drug-likeness (QED) is 0.816. The molecule has 0 fully saturated rings. The second-order valence-corrected chi connectivity index (χ2v) is 5.27. The van der Waals surface area contributed by atoms with Crippen LogP contribution in [0.15, 0.2) is 48.5 Å². The van der Waals surface area contributed by atoms with Gasteiger partial charge in [0.1, 0.15) is 17.6 Å². The second-order valence-electron chi connectivity index (χ2n) is 5.27. The molecule has 114 valence electrons. The molecule has 2 aromatic carbocycles. The number of para-hydroxylation sites is 1. The Bertz CT molecular complexity index is 663. The van der Waals surface area contributed by atoms with E-state index in [4.69, 9.17) is 14.2 Å². The molecule has 0 aliphatic carbocycles. The van der Waals surface area contributed by atoms with E-state index < -0.39 is 0 Å². The Balaban J connectivity index is 1.93. The molecule has 0 radical (unpaired) electrons. The summed E-state index contributed by atoms with van der Waals surface area (Å²) in [6.07, 6.45) is -0.00240. The van der Waals surface area contributed by atoms with Crippen molar-refractivity contribution in [1.82, 2.24) is 0 Å². The first-order chi connectivity index (χ1) is 10.7. The van der Waals surface area contributed by atoms with Crippen LogP contribution in [0.2, 0.25) is 0 Å². The third-order valence-corrected chi connectivity index (χ3v) is 3.75. The molecule has 1 aliphatic heterocycles. The van der Waals surface area contributed by atoms with Crippen molar-refractivity contribution >= 4 is 5.97 Å². The van der Waals surface area contributed by atoms with Crippen molar-refractivity contribution < 1.29 is 19.0 Å². The van der Waals surface area contributed by atoms with Gasteiger partial charge in [-0.05, 0) is 29.3 Å². The zero-order valence-corrected chi connectivity index (χ0v) is 12.6. The van der Waals surface area contributed by atoms with Gasteiger partial charge >= 0.3 is 5.97 Å². The Kier molecular flexibility index (Phi) is 4.00. The maximum atomic E-state index is 11.4. The molecule has 22 heavy (non-hydrogen) atoms. The van der Waals surface area contributed by atoms with Crippen LogP contribution in [0.3, 0.4) is 0 Å². The van der Waals surface area contributed by atoms with E-state index in [0.717, 1.165) is 22.6 Å². The van der Waals surface area contributed by atoms with Crippen LogP contribution in [0.1, 0.15) is 24.2 Å². The second kappa shape index (κ2) is 6.10. The summed E-state index contributed by atoms with van der Waals surface area (Å²) in [6, 6.07) is 15.5. The SMILES string of the molecule is COc1ccc([C@@H]2Oc3ccccc3C[C@@H]2OC(C)=O)cc1. The standard InChI is InChI=1S/C18H18O4/c1-12(19)21-17-11-14-5-3-4-6-16(14)22-18(17)13-7-9-15(20-2)10-8-13/h3-10,17-18H,11H2,1-2H3/t17-,18-/m0/s1. The van der Waals surface area contributed by atoms with Crippen LogP contribution < -0.4 is 9.47 Å². The van der Waals surface area contributed by atoms with E-state index in [-0.39, 0.29) is 18.2 Å². The van der Waals surface area contributed by atoms with Crippen LogP contribution in [0.5, 0.6) is 11.5 Å². The molecule has 2 aromatic rings. The third-order valence-electron chi connectivity index (χ3n) is 3.75. The third kappa shape index (κ3) is 2.91. The molecule has 0 bridgehead atoms. The van der Waals surface area contributed by atoms with Gasteiger partial charge in [-0.25, -0.2) is 0 Å². The van der Waals surface area contributed by atoms with Crippen LogP contribution in [-0.4, -0.2) is 19.2 Å². The Hall–Kier alpha value is -2.49. The fourth-order valence-electron chi connectivity index (χ4n) is 2.72. The first kappa shape index (κ1) is 14.4. The summed E-state index contributed by atoms with van der Waals surface area (Å²) in [5.41, 5.74) is 2.01. The van der Waals surface area contributed by atoms with Crippen LogP contribution in [0, 0.1) is 0 Å². The van der Waals surface area contributed by atoms with Crippen LogP contribution >= 0.6 is 0 Å². The Morgan fingerprint density at radius 3 is 2.55 bits per heavy atom. The normalized spacial score (nSPS) is 19.7. The first-order valence-corrected chi connectivity index (χ1v) is 7.23. The van der Waals surface area contributed by atoms with Gasteiger partial charge in [0.15, 0.2) is 6.10 Å². The van der Waals surface area contributed by atoms with Gasteiger partial charge in [-0.2, -0.15) is 0 Å². The van der Waals surface area contributed by atoms with Crippen LogP contribution in [-0.2, 0) is 16.0 Å². The lowest BCUT2D eigenvalue weighted by molar-refractivity contribution is -0.152. The van der Waals surface area contributed by atoms with Gasteiger partial charge < -0.3 is 14.2 Å². The van der Waals surface area contributed by atoms with Crippen molar-refractivity contribution in [2.45, 2.75) is 25.6 Å². The summed E-state index contributed by atoms with van der Waals surface area (Å²) in [4.78, 5) is 11.4. The molecule has 0 saturated carbocycles. The number of hydrogen-bond donors (Lipinski definition) is 0. The van der Waals surface area contributed by atoms with Crippen molar-refractivity contribution in [2.24, 2.45) is 0 Å². The van der Waals surface area contributed by atoms with Crippen molar-refractivity contribution in [3.63, 3.8) is 0 Å². The minimum atomic E-state index is -0.333. The van der Waals surface area contributed by atoms with Gasteiger partial charge in [-0.1, -0.05) is 30.3 Å². The molecule has 0 spiro atoms. The lowest BCUT2D eigenvalue weighted by Gasteiger charge is -2.33. The number of benzene rings is 2. The number of methoxy groups -OCH3 is 1. The maximum absolute atomic E-state index is 11.4. The highest BCUT2D eigenvalue weighted by molar-refractivity contribution is 5.66. The van der Waals surface area contributed by atoms with Gasteiger partial charge in [0, 0.05) is 13.3 Å². The molecule has 0 amide bonds. The number of carbonyl (C=O) groups is 1. The minimum Gasteiger partial charge on any atom is -0.497 e. The summed E-state index contributed by atoms with van der Waals surface area (Å²) < 4.78 is 16.7. The summed E-state index contributed by atoms with van der Waals surface area (Å²) in [6.45, 7) is 1.42. The largest absolute Gasteiger partial charge is 0.497 e. The van der Waals surface area contributed by atoms with E-state index >= 15 is 0 Å². The fourth-order valence-corrected chi connectivity index (χ4v) is 2.72. The lowest BCUT2D eigenvalue weighted by Crippen LogP contribution is -2.34. The van der Waals surface area contributed by atoms with E-state index in [9.17, 15) is 4.79 Å². The Morgan fingerprint density at radius 1 is 1.14 bits per heavy atom. The fraction of sp³-hybridized carbons (Fsp3) is 0.278. The lowest BCUT2D eigenvalue weighted by atomic mass is 9.94. The number of esters is 1. The highest BCUT2D eigenvalue weighted by atomic mass is 16.6. The average Bonchev–Trinajstić information content (AvgIpc) is 2.54. The molecular formula is C18H18O4. The minimum absolute atomic E-state index is 0.300. The van der Waals surface area contributed by atoms with Crippen molar-refractivity contribution in [3.8, 4) is 11.5 Å².